The highest BCUT2D eigenvalue weighted by atomic mass is 32.2. The molecule has 1 aromatic rings. The summed E-state index contributed by atoms with van der Waals surface area (Å²) in [5.41, 5.74) is 0. The molecule has 1 heterocycles. The van der Waals surface area contributed by atoms with Gasteiger partial charge in [-0.1, -0.05) is 0 Å². The van der Waals surface area contributed by atoms with Crippen LogP contribution in [0.3, 0.4) is 0 Å². The number of nitrogens with two attached hydrogens (primary N) is 1. The monoisotopic (exact) mass is 233 g/mol. The lowest BCUT2D eigenvalue weighted by atomic mass is 10.4. The summed E-state index contributed by atoms with van der Waals surface area (Å²) in [4.78, 5) is 0. The molecule has 0 unspecified atom stereocenters. The third-order valence-electron chi connectivity index (χ3n) is 1.77. The molecular weight excluding hydrogens is 218 g/mol. The van der Waals surface area contributed by atoms with Crippen molar-refractivity contribution in [3.05, 3.63) is 12.4 Å². The summed E-state index contributed by atoms with van der Waals surface area (Å²) in [5.74, 6) is 0.691. The van der Waals surface area contributed by atoms with Crippen molar-refractivity contribution in [3.8, 4) is 5.75 Å². The maximum Gasteiger partial charge on any atom is 0.209 e. The zero-order valence-corrected chi connectivity index (χ0v) is 9.40. The molecule has 0 aliphatic heterocycles. The minimum absolute atomic E-state index is 0.00337. The van der Waals surface area contributed by atoms with E-state index in [0.29, 0.717) is 25.2 Å². The zero-order chi connectivity index (χ0) is 11.3. The van der Waals surface area contributed by atoms with Gasteiger partial charge in [0.05, 0.1) is 24.8 Å². The average Bonchev–Trinajstić information content (AvgIpc) is 2.49. The van der Waals surface area contributed by atoms with E-state index in [9.17, 15) is 8.42 Å². The van der Waals surface area contributed by atoms with E-state index in [2.05, 4.69) is 5.10 Å². The molecule has 0 fully saturated rings. The summed E-state index contributed by atoms with van der Waals surface area (Å²) >= 11 is 0. The predicted molar refractivity (Wildman–Crippen MR) is 55.9 cm³/mol. The van der Waals surface area contributed by atoms with Gasteiger partial charge in [-0.15, -0.1) is 0 Å². The lowest BCUT2D eigenvalue weighted by molar-refractivity contribution is 0.309. The molecule has 0 saturated carbocycles. The molecule has 1 aromatic heterocycles. The van der Waals surface area contributed by atoms with Gasteiger partial charge in [0.2, 0.25) is 10.0 Å². The molecule has 0 aromatic carbocycles. The van der Waals surface area contributed by atoms with Crippen LogP contribution in [-0.4, -0.2) is 30.6 Å². The van der Waals surface area contributed by atoms with Crippen molar-refractivity contribution in [3.63, 3.8) is 0 Å². The molecule has 1 rings (SSSR count). The van der Waals surface area contributed by atoms with Gasteiger partial charge in [-0.05, 0) is 12.8 Å². The summed E-state index contributed by atoms with van der Waals surface area (Å²) < 4.78 is 28.1. The van der Waals surface area contributed by atoms with E-state index >= 15 is 0 Å². The Labute approximate surface area is 89.1 Å². The molecular formula is C8H15N3O3S. The van der Waals surface area contributed by atoms with E-state index in [1.165, 1.54) is 0 Å². The fraction of sp³-hybridized carbons (Fsp3) is 0.625. The quantitative estimate of drug-likeness (QED) is 0.693. The van der Waals surface area contributed by atoms with Crippen LogP contribution in [0, 0.1) is 0 Å². The van der Waals surface area contributed by atoms with Crippen LogP contribution in [0.4, 0.5) is 0 Å². The third-order valence-corrected chi connectivity index (χ3v) is 2.63. The third kappa shape index (κ3) is 5.38. The smallest absolute Gasteiger partial charge is 0.209 e. The summed E-state index contributed by atoms with van der Waals surface area (Å²) in [6, 6.07) is 0. The number of nitrogens with zero attached hydrogens (tertiary/aromatic N) is 2. The van der Waals surface area contributed by atoms with E-state index in [1.54, 1.807) is 24.1 Å². The van der Waals surface area contributed by atoms with E-state index in [0.717, 1.165) is 0 Å². The fourth-order valence-corrected chi connectivity index (χ4v) is 1.68. The molecule has 15 heavy (non-hydrogen) atoms. The van der Waals surface area contributed by atoms with Crippen LogP contribution in [-0.2, 0) is 17.1 Å². The molecule has 86 valence electrons. The number of aromatic nitrogens is 2. The second-order valence-electron chi connectivity index (χ2n) is 3.27. The number of hydrogen-bond donors (Lipinski definition) is 1. The maximum absolute atomic E-state index is 10.6. The van der Waals surface area contributed by atoms with Gasteiger partial charge in [0, 0.05) is 7.05 Å². The van der Waals surface area contributed by atoms with Crippen molar-refractivity contribution in [2.45, 2.75) is 12.8 Å². The Kier molecular flexibility index (Phi) is 4.10. The molecule has 0 radical (unpaired) electrons. The highest BCUT2D eigenvalue weighted by Crippen LogP contribution is 2.07. The van der Waals surface area contributed by atoms with Gasteiger partial charge >= 0.3 is 0 Å². The fourth-order valence-electron chi connectivity index (χ4n) is 1.07. The minimum Gasteiger partial charge on any atom is -0.490 e. The molecule has 0 spiro atoms. The lowest BCUT2D eigenvalue weighted by Gasteiger charge is -2.02. The number of primary sulfonamides is 1. The maximum atomic E-state index is 10.6. The van der Waals surface area contributed by atoms with Crippen LogP contribution in [0.5, 0.6) is 5.75 Å². The Bertz CT molecular complexity index is 399. The van der Waals surface area contributed by atoms with Crippen LogP contribution < -0.4 is 9.88 Å². The van der Waals surface area contributed by atoms with E-state index in [4.69, 9.17) is 9.88 Å². The second-order valence-corrected chi connectivity index (χ2v) is 5.01. The Morgan fingerprint density at radius 2 is 2.27 bits per heavy atom. The highest BCUT2D eigenvalue weighted by Gasteiger charge is 2.02. The van der Waals surface area contributed by atoms with Crippen molar-refractivity contribution in [1.82, 2.24) is 9.78 Å². The second kappa shape index (κ2) is 5.13. The Balaban J connectivity index is 2.12. The van der Waals surface area contributed by atoms with Crippen molar-refractivity contribution < 1.29 is 13.2 Å². The van der Waals surface area contributed by atoms with E-state index in [1.807, 2.05) is 0 Å². The molecule has 0 bridgehead atoms. The molecule has 0 saturated heterocycles. The van der Waals surface area contributed by atoms with E-state index < -0.39 is 10.0 Å². The number of rotatable bonds is 6. The van der Waals surface area contributed by atoms with Crippen molar-refractivity contribution >= 4 is 10.0 Å². The molecule has 0 aliphatic rings. The highest BCUT2D eigenvalue weighted by molar-refractivity contribution is 7.89. The molecule has 2 N–H and O–H groups in total. The summed E-state index contributed by atoms with van der Waals surface area (Å²) in [6.45, 7) is 0.473. The summed E-state index contributed by atoms with van der Waals surface area (Å²) in [6.07, 6.45) is 4.53. The van der Waals surface area contributed by atoms with Gasteiger partial charge in [-0.2, -0.15) is 5.10 Å². The first-order valence-electron chi connectivity index (χ1n) is 4.59. The first-order valence-corrected chi connectivity index (χ1v) is 6.31. The van der Waals surface area contributed by atoms with Gasteiger partial charge in [-0.25, -0.2) is 13.6 Å². The number of aryl methyl sites for hydroxylation is 1. The topological polar surface area (TPSA) is 87.2 Å². The Hall–Kier alpha value is -1.08. The largest absolute Gasteiger partial charge is 0.490 e. The number of hydrogen-bond acceptors (Lipinski definition) is 4. The van der Waals surface area contributed by atoms with Crippen molar-refractivity contribution in [1.29, 1.82) is 0 Å². The van der Waals surface area contributed by atoms with Gasteiger partial charge in [-0.3, -0.25) is 4.68 Å². The number of unbranched alkanes of at least 4 members (excludes halogenated alkanes) is 1. The predicted octanol–water partition coefficient (Wildman–Crippen LogP) is -0.132. The van der Waals surface area contributed by atoms with Gasteiger partial charge in [0.15, 0.2) is 5.75 Å². The van der Waals surface area contributed by atoms with E-state index in [-0.39, 0.29) is 5.75 Å². The number of sulfonamides is 1. The van der Waals surface area contributed by atoms with Crippen molar-refractivity contribution in [2.24, 2.45) is 12.2 Å². The molecule has 0 atom stereocenters. The first-order chi connectivity index (χ1) is 6.97. The lowest BCUT2D eigenvalue weighted by Crippen LogP contribution is -2.16. The molecule has 0 amide bonds. The standard InChI is InChI=1S/C8H15N3O3S/c1-11-7-8(6-10-11)14-4-2-3-5-15(9,12)13/h6-7H,2-5H2,1H3,(H2,9,12,13). The summed E-state index contributed by atoms with van der Waals surface area (Å²) in [7, 11) is -1.54. The average molecular weight is 233 g/mol. The molecule has 0 aliphatic carbocycles. The Morgan fingerprint density at radius 3 is 2.80 bits per heavy atom. The van der Waals surface area contributed by atoms with Crippen LogP contribution in [0.25, 0.3) is 0 Å². The zero-order valence-electron chi connectivity index (χ0n) is 8.59. The Morgan fingerprint density at radius 1 is 1.53 bits per heavy atom. The normalized spacial score (nSPS) is 11.6. The van der Waals surface area contributed by atoms with Gasteiger partial charge < -0.3 is 4.74 Å². The minimum atomic E-state index is -3.34. The SMILES string of the molecule is Cn1cc(OCCCCS(N)(=O)=O)cn1. The summed E-state index contributed by atoms with van der Waals surface area (Å²) in [5, 5.41) is 8.78. The molecule has 7 heteroatoms. The van der Waals surface area contributed by atoms with Gasteiger partial charge in [0.25, 0.3) is 0 Å². The van der Waals surface area contributed by atoms with Gasteiger partial charge in [0.1, 0.15) is 0 Å². The number of ether oxygens (including phenoxy) is 1. The van der Waals surface area contributed by atoms with Crippen LogP contribution in [0.2, 0.25) is 0 Å². The first kappa shape index (κ1) is 12.0. The van der Waals surface area contributed by atoms with Crippen molar-refractivity contribution in [2.75, 3.05) is 12.4 Å². The van der Waals surface area contributed by atoms with Crippen LogP contribution in [0.1, 0.15) is 12.8 Å². The van der Waals surface area contributed by atoms with Crippen LogP contribution in [0.15, 0.2) is 12.4 Å². The van der Waals surface area contributed by atoms with Crippen LogP contribution >= 0.6 is 0 Å². The molecule has 6 nitrogen and oxygen atoms in total.